The molecule has 129 heavy (non-hydrogen) atoms. The summed E-state index contributed by atoms with van der Waals surface area (Å²) in [6.07, 6.45) is 4.67. The van der Waals surface area contributed by atoms with Crippen LogP contribution in [-0.2, 0) is 19.2 Å². The fourth-order valence-electron chi connectivity index (χ4n) is 8.70. The third-order valence-corrected chi connectivity index (χ3v) is 14.6. The number of anilines is 4. The van der Waals surface area contributed by atoms with Gasteiger partial charge in [0.1, 0.15) is 5.82 Å². The minimum atomic E-state index is -0.577. The van der Waals surface area contributed by atoms with Crippen LogP contribution >= 0.6 is 0 Å². The molecular weight excluding hydrogens is 1650 g/mol. The molecule has 7 aromatic rings. The Labute approximate surface area is 730 Å². The summed E-state index contributed by atoms with van der Waals surface area (Å²) >= 11 is 0. The number of nitro benzene ring substituents is 3. The second-order valence-corrected chi connectivity index (χ2v) is 23.3. The molecule has 622 valence electrons. The van der Waals surface area contributed by atoms with Crippen molar-refractivity contribution in [2.75, 3.05) is 41.3 Å². The molecule has 0 aromatic heterocycles. The molecule has 0 fully saturated rings. The maximum Gasteiger partial charge on any atom is 0.269 e. The molecule has 0 spiro atoms. The van der Waals surface area contributed by atoms with E-state index in [1.165, 1.54) is 153 Å². The third-order valence-electron chi connectivity index (χ3n) is 14.6. The summed E-state index contributed by atoms with van der Waals surface area (Å²) < 4.78 is 0. The number of nitrogen functional groups attached to an aromatic ring is 2. The second kappa shape index (κ2) is 55.2. The number of rotatable bonds is 18. The molecule has 0 radical (unpaired) electrons. The molecule has 7 aromatic carbocycles. The number of nitrogens with two attached hydrogens (primary N) is 4. The molecule has 32 nitrogen and oxygen atoms in total. The lowest BCUT2D eigenvalue weighted by atomic mass is 10.1. The van der Waals surface area contributed by atoms with Gasteiger partial charge in [0.2, 0.25) is 0 Å². The van der Waals surface area contributed by atoms with E-state index in [0.717, 1.165) is 9.80 Å². The Morgan fingerprint density at radius 2 is 0.473 bits per heavy atom. The van der Waals surface area contributed by atoms with Crippen LogP contribution in [0, 0.1) is 30.3 Å². The smallest absolute Gasteiger partial charge is 0.269 e. The van der Waals surface area contributed by atoms with Crippen LogP contribution in [0.5, 0.6) is 0 Å². The lowest BCUT2D eigenvalue weighted by Gasteiger charge is -2.14. The Bertz CT molecular complexity index is 6940. The molecule has 0 unspecified atom stereocenters. The average molecular weight is 1700 g/mol. The van der Waals surface area contributed by atoms with Gasteiger partial charge in [0.15, 0.2) is 5.78 Å². The van der Waals surface area contributed by atoms with Crippen LogP contribution in [0.1, 0.15) is 79.4 Å². The summed E-state index contributed by atoms with van der Waals surface area (Å²) in [5.74, 6) is -4.46. The van der Waals surface area contributed by atoms with E-state index in [1.54, 1.807) is 48.5 Å². The minimum absolute atomic E-state index is 0.000000000000000222. The molecule has 2 heterocycles. The largest absolute Gasteiger partial charge is 0.399 e. The van der Waals surface area contributed by atoms with E-state index in [1.807, 2.05) is 0 Å². The number of amides is 10. The number of benzene rings is 7. The highest BCUT2D eigenvalue weighted by molar-refractivity contribution is 6.29. The fraction of sp³-hybridized carbons (Fsp3) is 0.0412. The lowest BCUT2D eigenvalue weighted by molar-refractivity contribution is -0.385. The van der Waals surface area contributed by atoms with Gasteiger partial charge in [-0.05, 0) is 244 Å². The number of hydrogen-bond donors (Lipinski definition) is 10. The molecule has 9 rings (SSSR count). The molecule has 2 aliphatic rings. The number of Topliss-reactive ketones (excluding diaryl/α,β-unsaturated/α-hetero) is 1. The van der Waals surface area contributed by atoms with Crippen molar-refractivity contribution >= 4 is 105 Å². The maximum atomic E-state index is 12.3. The fourth-order valence-corrected chi connectivity index (χ4v) is 8.70. The molecule has 0 saturated heterocycles. The van der Waals surface area contributed by atoms with Gasteiger partial charge < -0.3 is 54.8 Å². The molecule has 0 bridgehead atoms. The molecule has 32 heteroatoms. The summed E-state index contributed by atoms with van der Waals surface area (Å²) in [5, 5.41) is 46.4. The Morgan fingerprint density at radius 1 is 0.295 bits per heavy atom. The van der Waals surface area contributed by atoms with E-state index in [0.29, 0.717) is 39.4 Å². The van der Waals surface area contributed by atoms with E-state index in [4.69, 9.17) is 22.9 Å². The number of non-ortho nitro benzene ring substituents is 3. The standard InChI is InChI=1S/C36H6N2.C23H16N4O6.C15H12N4O6.C15H16N4O2.C8H7NO3/c1-2-3-4-5-6-7-8-9-10-11-12-13-14-15-16-17-18-19-20-21-22-23-24-25-26-27-28-29-30-31-32-33-34-35-36(37)38;28-18-9-10-19(29)26(18)16-5-1-14(2-6-16)22(32)24-13-25-23(33)15-3-7-17(8-4-15)27-20(30)11-12-21(27)31;20-14(10-1-5-12(6-2-10)18(22)23)16-9-17-15(21)11-3-7-13(8-4-11)19(24)25;16-12-5-1-10(2-6-12)14(20)18-9-19-15(21)11-3-7-13(17)8-4-11;1-6(10)7-2-4-8(5-3-7)9(11)12/h1,37-38H2;1-12H,13H2,(H,24,32)(H,25,33);1-8H,9H2,(H,16,20)(H,17,21);1-8H,9,16-17H2,(H,18,20)(H,19,21);2-5H,1H3. The number of nitrogens with zero attached hydrogens (tertiary/aromatic N) is 5. The van der Waals surface area contributed by atoms with Gasteiger partial charge >= 0.3 is 0 Å². The Morgan fingerprint density at radius 3 is 0.659 bits per heavy atom. The highest BCUT2D eigenvalue weighted by Crippen LogP contribution is 2.22. The highest BCUT2D eigenvalue weighted by atomic mass is 16.6. The van der Waals surface area contributed by atoms with Crippen LogP contribution in [0.25, 0.3) is 0 Å². The van der Waals surface area contributed by atoms with E-state index < -0.39 is 62.0 Å². The summed E-state index contributed by atoms with van der Waals surface area (Å²) in [4.78, 5) is 161. The van der Waals surface area contributed by atoms with Gasteiger partial charge in [-0.1, -0.05) is 5.73 Å². The zero-order valence-electron chi connectivity index (χ0n) is 66.8. The van der Waals surface area contributed by atoms with Gasteiger partial charge in [0, 0.05) is 203 Å². The van der Waals surface area contributed by atoms with Gasteiger partial charge in [-0.3, -0.25) is 83.1 Å². The Hall–Kier alpha value is -21.5. The first-order valence-corrected chi connectivity index (χ1v) is 35.8. The number of ketones is 1. The van der Waals surface area contributed by atoms with Crippen molar-refractivity contribution in [3.63, 3.8) is 0 Å². The number of nitrogens with one attached hydrogen (secondary N) is 6. The van der Waals surface area contributed by atoms with Crippen molar-refractivity contribution in [2.45, 2.75) is 6.92 Å². The topological polar surface area (TPSA) is 500 Å². The average Bonchev–Trinajstić information content (AvgIpc) is 1.51. The van der Waals surface area contributed by atoms with Crippen LogP contribution in [0.4, 0.5) is 39.8 Å². The number of carbonyl (C=O) groups is 11. The van der Waals surface area contributed by atoms with E-state index in [9.17, 15) is 83.1 Å². The molecule has 0 saturated carbocycles. The van der Waals surface area contributed by atoms with Gasteiger partial charge in [-0.2, -0.15) is 0 Å². The van der Waals surface area contributed by atoms with E-state index >= 15 is 0 Å². The zero-order chi connectivity index (χ0) is 93.9. The molecule has 10 amide bonds. The van der Waals surface area contributed by atoms with Crippen molar-refractivity contribution in [1.29, 1.82) is 0 Å². The molecule has 0 aliphatic carbocycles. The Kier molecular flexibility index (Phi) is 41.9. The van der Waals surface area contributed by atoms with Crippen molar-refractivity contribution in [1.82, 2.24) is 31.9 Å². The van der Waals surface area contributed by atoms with Crippen molar-refractivity contribution in [3.8, 4) is 0 Å². The quantitative estimate of drug-likeness (QED) is 0.00726. The summed E-state index contributed by atoms with van der Waals surface area (Å²) in [6.45, 7) is 4.43. The SMILES string of the molecule is C=C=C=C=C=C=C=C=C=C=C=C=C=C=C=C=C=C=C=C=C=C=C=C=C=C=C=C=C=C=C=C=C=C=C=C(N)N.CC(=O)c1ccc([N+](=O)[O-])cc1.Nc1ccc(C(=O)NCNC(=O)c2ccc(N)cc2)cc1.O=C(NCNC(=O)c1ccc(N2C(=O)C=CC2=O)cc1)c1ccc(N2C(=O)C=CC2=O)cc1.O=C(NCNC(=O)c1ccc([N+](=O)[O-])cc1)c1ccc([N+](=O)[O-])cc1. The summed E-state index contributed by atoms with van der Waals surface area (Å²) in [6, 6.07) is 40.3. The normalized spacial score (nSPS) is 9.47. The predicted molar refractivity (Wildman–Crippen MR) is 464 cm³/mol. The lowest BCUT2D eigenvalue weighted by Crippen LogP contribution is -2.37. The summed E-state index contributed by atoms with van der Waals surface area (Å²) in [5.41, 5.74) is 109. The number of carbonyl (C=O) groups excluding carboxylic acids is 11. The minimum Gasteiger partial charge on any atom is -0.399 e. The van der Waals surface area contributed by atoms with Crippen LogP contribution in [0.3, 0.4) is 0 Å². The highest BCUT2D eigenvalue weighted by Gasteiger charge is 2.27. The summed E-state index contributed by atoms with van der Waals surface area (Å²) in [7, 11) is 0. The van der Waals surface area contributed by atoms with Crippen molar-refractivity contribution in [2.24, 2.45) is 11.5 Å². The first-order chi connectivity index (χ1) is 62.2. The van der Waals surface area contributed by atoms with Gasteiger partial charge in [-0.15, -0.1) is 0 Å². The van der Waals surface area contributed by atoms with Crippen LogP contribution in [0.2, 0.25) is 0 Å². The van der Waals surface area contributed by atoms with E-state index in [2.05, 4.69) is 233 Å². The first kappa shape index (κ1) is 98.0. The predicted octanol–water partition coefficient (Wildman–Crippen LogP) is 9.70. The molecule has 2 aliphatic heterocycles. The van der Waals surface area contributed by atoms with Crippen LogP contribution < -0.4 is 64.6 Å². The van der Waals surface area contributed by atoms with Crippen molar-refractivity contribution < 1.29 is 67.5 Å². The number of hydrogen-bond acceptors (Lipinski definition) is 21. The molecule has 0 atom stereocenters. The maximum absolute atomic E-state index is 12.3. The van der Waals surface area contributed by atoms with Gasteiger partial charge in [-0.25, -0.2) is 9.80 Å². The second-order valence-electron chi connectivity index (χ2n) is 23.3. The number of imide groups is 2. The zero-order valence-corrected chi connectivity index (χ0v) is 66.8. The van der Waals surface area contributed by atoms with Crippen molar-refractivity contribution in [3.05, 3.63) is 471 Å². The van der Waals surface area contributed by atoms with Crippen LogP contribution in [0.15, 0.2) is 401 Å². The third kappa shape index (κ3) is 37.7. The first-order valence-electron chi connectivity index (χ1n) is 35.8. The van der Waals surface area contributed by atoms with Crippen LogP contribution in [-0.4, -0.2) is 99.6 Å². The number of nitro groups is 3. The monoisotopic (exact) mass is 1700 g/mol. The van der Waals surface area contributed by atoms with Gasteiger partial charge in [0.25, 0.3) is 76.1 Å². The Balaban J connectivity index is 0.000000297. The molecular formula is C97H57N15O17. The van der Waals surface area contributed by atoms with E-state index in [-0.39, 0.29) is 82.7 Å². The van der Waals surface area contributed by atoms with Gasteiger partial charge in [0.05, 0.1) is 46.2 Å². The molecule has 14 N–H and O–H groups in total.